The highest BCUT2D eigenvalue weighted by Crippen LogP contribution is 2.24. The average Bonchev–Trinajstić information content (AvgIpc) is 3.01. The number of amides is 1. The second-order valence-electron chi connectivity index (χ2n) is 5.19. The quantitative estimate of drug-likeness (QED) is 0.787. The van der Waals surface area contributed by atoms with Gasteiger partial charge in [-0.2, -0.15) is 0 Å². The zero-order chi connectivity index (χ0) is 16.1. The van der Waals surface area contributed by atoms with E-state index in [1.54, 1.807) is 6.92 Å². The van der Waals surface area contributed by atoms with Crippen LogP contribution >= 0.6 is 0 Å². The summed E-state index contributed by atoms with van der Waals surface area (Å²) in [7, 11) is 0. The minimum Gasteiger partial charge on any atom is -0.424 e. The summed E-state index contributed by atoms with van der Waals surface area (Å²) in [6.07, 6.45) is 0. The zero-order valence-corrected chi connectivity index (χ0v) is 12.8. The second-order valence-corrected chi connectivity index (χ2v) is 5.19. The molecule has 1 N–H and O–H groups in total. The third-order valence-electron chi connectivity index (χ3n) is 3.51. The van der Waals surface area contributed by atoms with Gasteiger partial charge in [-0.05, 0) is 11.1 Å². The molecule has 0 saturated heterocycles. The Bertz CT molecular complexity index is 730. The predicted molar refractivity (Wildman–Crippen MR) is 85.6 cm³/mol. The van der Waals surface area contributed by atoms with E-state index in [1.165, 1.54) is 0 Å². The number of nitrogens with zero attached hydrogens (tertiary/aromatic N) is 2. The van der Waals surface area contributed by atoms with Crippen LogP contribution in [0.5, 0.6) is 0 Å². The van der Waals surface area contributed by atoms with Crippen LogP contribution in [0.4, 0.5) is 0 Å². The van der Waals surface area contributed by atoms with E-state index < -0.39 is 0 Å². The first kappa shape index (κ1) is 15.0. The van der Waals surface area contributed by atoms with Crippen molar-refractivity contribution in [2.24, 2.45) is 0 Å². The highest BCUT2D eigenvalue weighted by Gasteiger charge is 2.22. The van der Waals surface area contributed by atoms with Gasteiger partial charge < -0.3 is 9.73 Å². The minimum atomic E-state index is -0.374. The summed E-state index contributed by atoms with van der Waals surface area (Å²) in [5.41, 5.74) is 1.89. The minimum absolute atomic E-state index is 0.0988. The van der Waals surface area contributed by atoms with E-state index in [2.05, 4.69) is 15.5 Å². The van der Waals surface area contributed by atoms with Crippen molar-refractivity contribution in [3.63, 3.8) is 0 Å². The molecule has 0 unspecified atom stereocenters. The molecule has 0 aliphatic rings. The Hall–Kier alpha value is -2.95. The Morgan fingerprint density at radius 2 is 1.57 bits per heavy atom. The van der Waals surface area contributed by atoms with Crippen LogP contribution in [-0.4, -0.2) is 16.1 Å². The van der Waals surface area contributed by atoms with Crippen LogP contribution in [0.1, 0.15) is 28.8 Å². The molecule has 1 heterocycles. The lowest BCUT2D eigenvalue weighted by atomic mass is 9.90. The average molecular weight is 307 g/mol. The largest absolute Gasteiger partial charge is 0.424 e. The fraction of sp³-hybridized carbons (Fsp3) is 0.167. The summed E-state index contributed by atoms with van der Waals surface area (Å²) in [6.45, 7) is 1.94. The number of hydrogen-bond acceptors (Lipinski definition) is 4. The molecule has 0 aliphatic carbocycles. The lowest BCUT2D eigenvalue weighted by Crippen LogP contribution is -2.29. The van der Waals surface area contributed by atoms with Gasteiger partial charge in [-0.25, -0.2) is 0 Å². The lowest BCUT2D eigenvalue weighted by Gasteiger charge is -2.17. The monoisotopic (exact) mass is 307 g/mol. The summed E-state index contributed by atoms with van der Waals surface area (Å²) in [5.74, 6) is 0.410. The first-order valence-electron chi connectivity index (χ1n) is 7.40. The maximum absolute atomic E-state index is 12.7. The van der Waals surface area contributed by atoms with Crippen LogP contribution in [0.2, 0.25) is 0 Å². The van der Waals surface area contributed by atoms with E-state index in [0.717, 1.165) is 11.1 Å². The number of carbonyl (C=O) groups excluding carboxylic acids is 1. The van der Waals surface area contributed by atoms with Gasteiger partial charge in [0.1, 0.15) is 0 Å². The molecule has 3 aromatic rings. The number of carbonyl (C=O) groups is 1. The first-order valence-corrected chi connectivity index (χ1v) is 7.40. The number of benzene rings is 2. The van der Waals surface area contributed by atoms with Crippen molar-refractivity contribution < 1.29 is 9.21 Å². The van der Waals surface area contributed by atoms with Crippen molar-refractivity contribution in [3.05, 3.63) is 83.6 Å². The standard InChI is InChI=1S/C18H17N3O2/c1-13-20-21-16(23-13)12-19-18(22)17(14-8-4-2-5-9-14)15-10-6-3-7-11-15/h2-11,17H,12H2,1H3,(H,19,22). The summed E-state index contributed by atoms with van der Waals surface area (Å²) < 4.78 is 5.29. The van der Waals surface area contributed by atoms with E-state index in [9.17, 15) is 4.79 Å². The lowest BCUT2D eigenvalue weighted by molar-refractivity contribution is -0.122. The van der Waals surface area contributed by atoms with Gasteiger partial charge >= 0.3 is 0 Å². The predicted octanol–water partition coefficient (Wildman–Crippen LogP) is 2.83. The molecule has 0 aliphatic heterocycles. The van der Waals surface area contributed by atoms with E-state index in [4.69, 9.17) is 4.42 Å². The van der Waals surface area contributed by atoms with Gasteiger partial charge in [-0.15, -0.1) is 10.2 Å². The normalized spacial score (nSPS) is 10.7. The smallest absolute Gasteiger partial charge is 0.235 e. The Kier molecular flexibility index (Phi) is 4.47. The van der Waals surface area contributed by atoms with E-state index in [0.29, 0.717) is 11.8 Å². The van der Waals surface area contributed by atoms with E-state index >= 15 is 0 Å². The summed E-state index contributed by atoms with van der Waals surface area (Å²) in [4.78, 5) is 12.7. The Labute approximate surface area is 134 Å². The molecular weight excluding hydrogens is 290 g/mol. The Morgan fingerprint density at radius 1 is 1.00 bits per heavy atom. The Morgan fingerprint density at radius 3 is 2.04 bits per heavy atom. The fourth-order valence-corrected chi connectivity index (χ4v) is 2.46. The number of nitrogens with one attached hydrogen (secondary N) is 1. The number of aromatic nitrogens is 2. The number of rotatable bonds is 5. The SMILES string of the molecule is Cc1nnc(CNC(=O)C(c2ccccc2)c2ccccc2)o1. The third kappa shape index (κ3) is 3.63. The van der Waals surface area contributed by atoms with E-state index in [1.807, 2.05) is 60.7 Å². The van der Waals surface area contributed by atoms with E-state index in [-0.39, 0.29) is 18.4 Å². The summed E-state index contributed by atoms with van der Waals surface area (Å²) in [6, 6.07) is 19.4. The van der Waals surface area contributed by atoms with Crippen LogP contribution in [0.15, 0.2) is 65.1 Å². The molecule has 1 amide bonds. The number of aryl methyl sites for hydroxylation is 1. The first-order chi connectivity index (χ1) is 11.2. The van der Waals surface area contributed by atoms with Gasteiger partial charge in [0.2, 0.25) is 17.7 Å². The molecular formula is C18H17N3O2. The molecule has 2 aromatic carbocycles. The van der Waals surface area contributed by atoms with Gasteiger partial charge in [-0.1, -0.05) is 60.7 Å². The molecule has 0 fully saturated rings. The van der Waals surface area contributed by atoms with Crippen molar-refractivity contribution in [3.8, 4) is 0 Å². The molecule has 23 heavy (non-hydrogen) atoms. The fourth-order valence-electron chi connectivity index (χ4n) is 2.46. The maximum Gasteiger partial charge on any atom is 0.235 e. The molecule has 0 spiro atoms. The number of hydrogen-bond donors (Lipinski definition) is 1. The third-order valence-corrected chi connectivity index (χ3v) is 3.51. The van der Waals surface area contributed by atoms with Crippen molar-refractivity contribution in [1.82, 2.24) is 15.5 Å². The zero-order valence-electron chi connectivity index (χ0n) is 12.8. The van der Waals surface area contributed by atoms with Crippen molar-refractivity contribution in [1.29, 1.82) is 0 Å². The van der Waals surface area contributed by atoms with Crippen LogP contribution in [0, 0.1) is 6.92 Å². The van der Waals surface area contributed by atoms with Crippen LogP contribution in [-0.2, 0) is 11.3 Å². The molecule has 116 valence electrons. The summed E-state index contributed by atoms with van der Waals surface area (Å²) in [5, 5.41) is 10.5. The molecule has 5 heteroatoms. The van der Waals surface area contributed by atoms with Crippen molar-refractivity contribution >= 4 is 5.91 Å². The molecule has 1 aromatic heterocycles. The highest BCUT2D eigenvalue weighted by atomic mass is 16.4. The van der Waals surface area contributed by atoms with Gasteiger partial charge in [0.25, 0.3) is 0 Å². The molecule has 0 radical (unpaired) electrons. The van der Waals surface area contributed by atoms with Crippen LogP contribution in [0.25, 0.3) is 0 Å². The van der Waals surface area contributed by atoms with Crippen LogP contribution in [0.3, 0.4) is 0 Å². The second kappa shape index (κ2) is 6.87. The summed E-state index contributed by atoms with van der Waals surface area (Å²) >= 11 is 0. The van der Waals surface area contributed by atoms with Gasteiger partial charge in [-0.3, -0.25) is 4.79 Å². The van der Waals surface area contributed by atoms with Gasteiger partial charge in [0.05, 0.1) is 12.5 Å². The van der Waals surface area contributed by atoms with Crippen molar-refractivity contribution in [2.75, 3.05) is 0 Å². The molecule has 5 nitrogen and oxygen atoms in total. The molecule has 0 bridgehead atoms. The molecule has 3 rings (SSSR count). The molecule has 0 atom stereocenters. The van der Waals surface area contributed by atoms with Crippen LogP contribution < -0.4 is 5.32 Å². The Balaban J connectivity index is 1.82. The maximum atomic E-state index is 12.7. The molecule has 0 saturated carbocycles. The van der Waals surface area contributed by atoms with Gasteiger partial charge in [0.15, 0.2) is 0 Å². The van der Waals surface area contributed by atoms with Crippen molar-refractivity contribution in [2.45, 2.75) is 19.4 Å². The highest BCUT2D eigenvalue weighted by molar-refractivity contribution is 5.87. The van der Waals surface area contributed by atoms with Gasteiger partial charge in [0, 0.05) is 6.92 Å². The topological polar surface area (TPSA) is 68.0 Å².